The summed E-state index contributed by atoms with van der Waals surface area (Å²) in [5, 5.41) is 11.4. The van der Waals surface area contributed by atoms with E-state index < -0.39 is 0 Å². The van der Waals surface area contributed by atoms with Crippen LogP contribution < -0.4 is 20.7 Å². The van der Waals surface area contributed by atoms with Crippen LogP contribution in [0.25, 0.3) is 21.1 Å². The summed E-state index contributed by atoms with van der Waals surface area (Å²) in [7, 11) is 0. The molecule has 4 aromatic rings. The summed E-state index contributed by atoms with van der Waals surface area (Å²) in [5.74, 6) is 0.733. The minimum atomic E-state index is -0.106. The van der Waals surface area contributed by atoms with Crippen molar-refractivity contribution < 1.29 is 9.53 Å². The molecule has 2 aliphatic carbocycles. The number of carbonyl (C=O) groups excluding carboxylic acids is 1. The second-order valence-corrected chi connectivity index (χ2v) is 11.4. The summed E-state index contributed by atoms with van der Waals surface area (Å²) in [4.78, 5) is 31.8. The minimum absolute atomic E-state index is 0.0169. The van der Waals surface area contributed by atoms with E-state index in [2.05, 4.69) is 25.9 Å². The van der Waals surface area contributed by atoms with Crippen LogP contribution in [0.15, 0.2) is 18.3 Å². The molecule has 0 atom stereocenters. The highest BCUT2D eigenvalue weighted by Crippen LogP contribution is 2.45. The van der Waals surface area contributed by atoms with E-state index in [9.17, 15) is 4.79 Å². The van der Waals surface area contributed by atoms with Crippen LogP contribution >= 0.6 is 22.9 Å². The summed E-state index contributed by atoms with van der Waals surface area (Å²) < 4.78 is 7.10. The third-order valence-corrected chi connectivity index (χ3v) is 8.94. The molecule has 11 heteroatoms. The molecule has 2 aliphatic heterocycles. The van der Waals surface area contributed by atoms with Gasteiger partial charge in [-0.2, -0.15) is 4.98 Å². The summed E-state index contributed by atoms with van der Waals surface area (Å²) in [6.07, 6.45) is 6.75. The number of ether oxygens (including phenoxy) is 1. The molecular weight excluding hydrogens is 486 g/mol. The maximum absolute atomic E-state index is 12.9. The Labute approximate surface area is 208 Å². The Morgan fingerprint density at radius 1 is 1.09 bits per heavy atom. The number of carbonyl (C=O) groups is 1. The van der Waals surface area contributed by atoms with Crippen LogP contribution in [0.4, 0.5) is 5.69 Å². The highest BCUT2D eigenvalue weighted by atomic mass is 35.5. The zero-order chi connectivity index (χ0) is 23.4. The minimum Gasteiger partial charge on any atom is -0.418 e. The molecule has 1 aromatic carbocycles. The third kappa shape index (κ3) is 3.13. The predicted octanol–water partition coefficient (Wildman–Crippen LogP) is 3.95. The molecule has 5 heterocycles. The van der Waals surface area contributed by atoms with E-state index in [4.69, 9.17) is 26.3 Å². The third-order valence-electron chi connectivity index (χ3n) is 7.61. The normalized spacial score (nSPS) is 20.8. The molecule has 176 valence electrons. The Hall–Kier alpha value is -3.08. The lowest BCUT2D eigenvalue weighted by atomic mass is 10.00. The van der Waals surface area contributed by atoms with Crippen molar-refractivity contribution in [3.05, 3.63) is 39.7 Å². The Kier molecular flexibility index (Phi) is 3.90. The Bertz CT molecular complexity index is 1590. The lowest BCUT2D eigenvalue weighted by molar-refractivity contribution is 0.0942. The zero-order valence-electron chi connectivity index (χ0n) is 18.6. The molecule has 4 aliphatic rings. The van der Waals surface area contributed by atoms with Gasteiger partial charge in [-0.25, -0.2) is 15.0 Å². The maximum Gasteiger partial charge on any atom is 0.264 e. The Balaban J connectivity index is 1.19. The maximum atomic E-state index is 12.9. The molecule has 0 saturated heterocycles. The molecule has 1 amide bonds. The molecule has 2 fully saturated rings. The summed E-state index contributed by atoms with van der Waals surface area (Å²) in [6, 6.07) is 3.90. The second kappa shape index (κ2) is 6.77. The van der Waals surface area contributed by atoms with Gasteiger partial charge in [0, 0.05) is 35.1 Å². The molecule has 2 saturated carbocycles. The number of hydrogen-bond donors (Lipinski definition) is 3. The van der Waals surface area contributed by atoms with E-state index in [0.29, 0.717) is 28.7 Å². The van der Waals surface area contributed by atoms with Crippen molar-refractivity contribution in [2.45, 2.75) is 49.7 Å². The fourth-order valence-corrected chi connectivity index (χ4v) is 6.49. The number of thiophene rings is 1. The molecule has 9 nitrogen and oxygen atoms in total. The number of nitrogens with one attached hydrogen (secondary N) is 3. The first-order valence-corrected chi connectivity index (χ1v) is 13.0. The number of anilines is 1. The van der Waals surface area contributed by atoms with Gasteiger partial charge in [0.25, 0.3) is 5.91 Å². The molecular formula is C24H20ClN7O2S. The average Bonchev–Trinajstić information content (AvgIpc) is 3.75. The summed E-state index contributed by atoms with van der Waals surface area (Å²) >= 11 is 7.71. The largest absolute Gasteiger partial charge is 0.418 e. The first-order chi connectivity index (χ1) is 17.0. The van der Waals surface area contributed by atoms with Gasteiger partial charge in [-0.1, -0.05) is 0 Å². The van der Waals surface area contributed by atoms with Gasteiger partial charge in [-0.15, -0.1) is 11.3 Å². The van der Waals surface area contributed by atoms with Gasteiger partial charge in [-0.3, -0.25) is 4.79 Å². The highest BCUT2D eigenvalue weighted by Gasteiger charge is 2.47. The van der Waals surface area contributed by atoms with Gasteiger partial charge >= 0.3 is 0 Å². The number of aromatic nitrogens is 4. The van der Waals surface area contributed by atoms with Crippen molar-refractivity contribution in [2.75, 3.05) is 11.9 Å². The van der Waals surface area contributed by atoms with Crippen LogP contribution in [0.2, 0.25) is 5.28 Å². The van der Waals surface area contributed by atoms with Gasteiger partial charge < -0.3 is 20.7 Å². The van der Waals surface area contributed by atoms with Gasteiger partial charge in [-0.05, 0) is 49.4 Å². The lowest BCUT2D eigenvalue weighted by Gasteiger charge is -2.26. The first-order valence-electron chi connectivity index (χ1n) is 11.8. The van der Waals surface area contributed by atoms with Crippen molar-refractivity contribution >= 4 is 55.7 Å². The quantitative estimate of drug-likeness (QED) is 0.351. The SMILES string of the molecule is O=C1NC2(CC2)CNc2c1sc1ccc3nc(Oc4nc(Cl)nc5c4CNC4(CC4)C5)cnc3c21. The molecule has 0 unspecified atom stereocenters. The number of benzene rings is 1. The Morgan fingerprint density at radius 3 is 2.77 bits per heavy atom. The molecule has 2 spiro atoms. The van der Waals surface area contributed by atoms with Crippen LogP contribution in [-0.4, -0.2) is 43.5 Å². The number of nitrogens with zero attached hydrogens (tertiary/aromatic N) is 4. The van der Waals surface area contributed by atoms with Crippen molar-refractivity contribution in [2.24, 2.45) is 0 Å². The molecule has 35 heavy (non-hydrogen) atoms. The number of hydrogen-bond acceptors (Lipinski definition) is 9. The first kappa shape index (κ1) is 20.1. The van der Waals surface area contributed by atoms with Crippen LogP contribution in [0.5, 0.6) is 11.8 Å². The fraction of sp³-hybridized carbons (Fsp3) is 0.375. The van der Waals surface area contributed by atoms with E-state index >= 15 is 0 Å². The van der Waals surface area contributed by atoms with E-state index in [-0.39, 0.29) is 22.3 Å². The molecule has 0 radical (unpaired) electrons. The van der Waals surface area contributed by atoms with E-state index in [1.54, 1.807) is 6.20 Å². The number of amides is 1. The van der Waals surface area contributed by atoms with Gasteiger partial charge in [0.1, 0.15) is 4.88 Å². The van der Waals surface area contributed by atoms with Crippen molar-refractivity contribution in [1.29, 1.82) is 0 Å². The smallest absolute Gasteiger partial charge is 0.264 e. The number of halogens is 1. The molecule has 0 bridgehead atoms. The monoisotopic (exact) mass is 505 g/mol. The average molecular weight is 506 g/mol. The number of fused-ring (bicyclic) bond motifs is 6. The van der Waals surface area contributed by atoms with E-state index in [0.717, 1.165) is 71.2 Å². The molecule has 3 N–H and O–H groups in total. The Morgan fingerprint density at radius 2 is 1.94 bits per heavy atom. The van der Waals surface area contributed by atoms with Crippen molar-refractivity contribution in [3.63, 3.8) is 0 Å². The predicted molar refractivity (Wildman–Crippen MR) is 132 cm³/mol. The van der Waals surface area contributed by atoms with Gasteiger partial charge in [0.2, 0.25) is 17.0 Å². The van der Waals surface area contributed by atoms with Gasteiger partial charge in [0.05, 0.1) is 39.7 Å². The molecule has 3 aromatic heterocycles. The van der Waals surface area contributed by atoms with Crippen LogP contribution in [-0.2, 0) is 13.0 Å². The lowest BCUT2D eigenvalue weighted by Crippen LogP contribution is -2.39. The van der Waals surface area contributed by atoms with Crippen molar-refractivity contribution in [3.8, 4) is 11.8 Å². The summed E-state index contributed by atoms with van der Waals surface area (Å²) in [6.45, 7) is 1.36. The second-order valence-electron chi connectivity index (χ2n) is 10.0. The number of rotatable bonds is 2. The zero-order valence-corrected chi connectivity index (χ0v) is 20.1. The van der Waals surface area contributed by atoms with Crippen LogP contribution in [0.3, 0.4) is 0 Å². The fourth-order valence-electron chi connectivity index (χ4n) is 5.23. The topological polar surface area (TPSA) is 114 Å². The van der Waals surface area contributed by atoms with Crippen molar-refractivity contribution in [1.82, 2.24) is 30.6 Å². The standard InChI is InChI=1S/C24H20ClN7O2S/c25-22-30-13-7-23(3-4-23)28-8-11(13)21(31-22)34-15-9-26-17-12(29-15)1-2-14-16(17)18-19(35-14)20(33)32-24(5-6-24)10-27-18/h1-2,9,27-28H,3-8,10H2,(H,32,33). The summed E-state index contributed by atoms with van der Waals surface area (Å²) in [5.41, 5.74) is 4.18. The highest BCUT2D eigenvalue weighted by molar-refractivity contribution is 7.21. The van der Waals surface area contributed by atoms with Crippen LogP contribution in [0.1, 0.15) is 46.6 Å². The van der Waals surface area contributed by atoms with Crippen LogP contribution in [0, 0.1) is 0 Å². The molecule has 8 rings (SSSR count). The van der Waals surface area contributed by atoms with E-state index in [1.807, 2.05) is 12.1 Å². The van der Waals surface area contributed by atoms with E-state index in [1.165, 1.54) is 11.3 Å². The van der Waals surface area contributed by atoms with Gasteiger partial charge in [0.15, 0.2) is 0 Å².